The Labute approximate surface area is 165 Å². The van der Waals surface area contributed by atoms with Crippen LogP contribution in [0.4, 0.5) is 0 Å². The highest BCUT2D eigenvalue weighted by molar-refractivity contribution is 7.20. The van der Waals surface area contributed by atoms with Crippen LogP contribution in [0.25, 0.3) is 21.3 Å². The van der Waals surface area contributed by atoms with E-state index in [-0.39, 0.29) is 12.0 Å². The zero-order valence-electron chi connectivity index (χ0n) is 15.1. The van der Waals surface area contributed by atoms with Gasteiger partial charge in [0, 0.05) is 25.9 Å². The molecule has 0 aliphatic carbocycles. The minimum atomic E-state index is 0.00477. The number of benzene rings is 2. The molecule has 0 N–H and O–H groups in total. The topological polar surface area (TPSA) is 68.2 Å². The smallest absolute Gasteiger partial charge is 0.282 e. The molecule has 1 amide bonds. The Bertz CT molecular complexity index is 1120. The number of nitrogens with zero attached hydrogens (tertiary/aromatic N) is 4. The van der Waals surface area contributed by atoms with E-state index in [1.54, 1.807) is 6.20 Å². The molecule has 28 heavy (non-hydrogen) atoms. The molecule has 0 radical (unpaired) electrons. The van der Waals surface area contributed by atoms with Gasteiger partial charge in [-0.15, -0.1) is 11.3 Å². The number of ether oxygens (including phenoxy) is 1. The highest BCUT2D eigenvalue weighted by atomic mass is 32.1. The normalized spacial score (nSPS) is 15.2. The number of amides is 1. The molecule has 3 heterocycles. The lowest BCUT2D eigenvalue weighted by atomic mass is 10.1. The maximum absolute atomic E-state index is 12.8. The Morgan fingerprint density at radius 2 is 1.68 bits per heavy atom. The lowest BCUT2D eigenvalue weighted by molar-refractivity contribution is 0.0587. The molecule has 5 rings (SSSR count). The van der Waals surface area contributed by atoms with Gasteiger partial charge in [-0.3, -0.25) is 4.79 Å². The number of hydrogen-bond acceptors (Lipinski definition) is 6. The summed E-state index contributed by atoms with van der Waals surface area (Å²) in [6.07, 6.45) is 3.24. The van der Waals surface area contributed by atoms with Crippen molar-refractivity contribution in [2.24, 2.45) is 0 Å². The van der Waals surface area contributed by atoms with Crippen molar-refractivity contribution in [1.29, 1.82) is 0 Å². The van der Waals surface area contributed by atoms with Crippen molar-refractivity contribution < 1.29 is 9.53 Å². The Morgan fingerprint density at radius 3 is 2.46 bits per heavy atom. The van der Waals surface area contributed by atoms with Crippen molar-refractivity contribution in [1.82, 2.24) is 19.9 Å². The van der Waals surface area contributed by atoms with Crippen LogP contribution >= 0.6 is 11.3 Å². The van der Waals surface area contributed by atoms with Gasteiger partial charge in [0.15, 0.2) is 5.01 Å². The van der Waals surface area contributed by atoms with Crippen LogP contribution in [0.5, 0.6) is 5.88 Å². The van der Waals surface area contributed by atoms with Crippen molar-refractivity contribution in [3.8, 4) is 5.88 Å². The van der Waals surface area contributed by atoms with Crippen LogP contribution in [0.2, 0.25) is 0 Å². The number of rotatable bonds is 3. The average Bonchev–Trinajstić information content (AvgIpc) is 3.18. The number of fused-ring (bicyclic) bond motifs is 2. The third-order valence-electron chi connectivity index (χ3n) is 4.92. The van der Waals surface area contributed by atoms with Crippen molar-refractivity contribution in [3.63, 3.8) is 0 Å². The second-order valence-corrected chi connectivity index (χ2v) is 7.82. The van der Waals surface area contributed by atoms with Crippen molar-refractivity contribution in [2.75, 3.05) is 13.1 Å². The molecule has 7 heteroatoms. The lowest BCUT2D eigenvalue weighted by Gasteiger charge is -2.31. The zero-order valence-corrected chi connectivity index (χ0v) is 15.9. The van der Waals surface area contributed by atoms with Crippen LogP contribution in [-0.2, 0) is 0 Å². The predicted molar refractivity (Wildman–Crippen MR) is 109 cm³/mol. The first kappa shape index (κ1) is 17.1. The van der Waals surface area contributed by atoms with Crippen molar-refractivity contribution in [2.45, 2.75) is 18.9 Å². The SMILES string of the molecule is O=C(c1nc2ccccc2s1)N1CCC(Oc2cnc3ccccc3n2)CC1. The van der Waals surface area contributed by atoms with Crippen LogP contribution < -0.4 is 4.74 Å². The molecule has 4 aromatic rings. The first-order chi connectivity index (χ1) is 13.8. The minimum absolute atomic E-state index is 0.00477. The molecule has 0 spiro atoms. The van der Waals surface area contributed by atoms with E-state index in [0.717, 1.165) is 34.1 Å². The maximum atomic E-state index is 12.8. The van der Waals surface area contributed by atoms with Gasteiger partial charge in [-0.05, 0) is 24.3 Å². The molecule has 140 valence electrons. The van der Waals surface area contributed by atoms with Gasteiger partial charge >= 0.3 is 0 Å². The largest absolute Gasteiger partial charge is 0.473 e. The Morgan fingerprint density at radius 1 is 0.964 bits per heavy atom. The van der Waals surface area contributed by atoms with Gasteiger partial charge in [0.1, 0.15) is 6.10 Å². The number of thiazole rings is 1. The Hall–Kier alpha value is -3.06. The van der Waals surface area contributed by atoms with Gasteiger partial charge in [-0.2, -0.15) is 0 Å². The first-order valence-corrected chi connectivity index (χ1v) is 10.1. The molecular formula is C21H18N4O2S. The first-order valence-electron chi connectivity index (χ1n) is 9.29. The summed E-state index contributed by atoms with van der Waals surface area (Å²) in [5.74, 6) is 0.541. The molecule has 0 bridgehead atoms. The second-order valence-electron chi connectivity index (χ2n) is 6.79. The predicted octanol–water partition coefficient (Wildman–Crippen LogP) is 3.92. The zero-order chi connectivity index (χ0) is 18.9. The minimum Gasteiger partial charge on any atom is -0.473 e. The van der Waals surface area contributed by atoms with Crippen LogP contribution in [0.1, 0.15) is 22.6 Å². The van der Waals surface area contributed by atoms with Gasteiger partial charge in [0.05, 0.1) is 27.4 Å². The number of aromatic nitrogens is 3. The van der Waals surface area contributed by atoms with Crippen molar-refractivity contribution >= 4 is 38.5 Å². The molecule has 2 aromatic carbocycles. The maximum Gasteiger partial charge on any atom is 0.282 e. The Balaban J connectivity index is 1.23. The molecule has 2 aromatic heterocycles. The lowest BCUT2D eigenvalue weighted by Crippen LogP contribution is -2.41. The summed E-state index contributed by atoms with van der Waals surface area (Å²) >= 11 is 1.45. The van der Waals surface area contributed by atoms with Crippen LogP contribution in [0.15, 0.2) is 54.7 Å². The Kier molecular flexibility index (Phi) is 4.37. The number of hydrogen-bond donors (Lipinski definition) is 0. The number of carbonyl (C=O) groups is 1. The van der Waals surface area contributed by atoms with Gasteiger partial charge in [0.2, 0.25) is 5.88 Å². The fraction of sp³-hybridized carbons (Fsp3) is 0.238. The molecular weight excluding hydrogens is 372 g/mol. The highest BCUT2D eigenvalue weighted by Gasteiger charge is 2.26. The summed E-state index contributed by atoms with van der Waals surface area (Å²) in [5, 5.41) is 0.556. The van der Waals surface area contributed by atoms with Gasteiger partial charge in [-0.25, -0.2) is 15.0 Å². The summed E-state index contributed by atoms with van der Waals surface area (Å²) in [7, 11) is 0. The van der Waals surface area contributed by atoms with E-state index in [2.05, 4.69) is 15.0 Å². The molecule has 0 saturated carbocycles. The fourth-order valence-electron chi connectivity index (χ4n) is 3.44. The molecule has 0 unspecified atom stereocenters. The number of para-hydroxylation sites is 3. The highest BCUT2D eigenvalue weighted by Crippen LogP contribution is 2.25. The fourth-order valence-corrected chi connectivity index (χ4v) is 4.38. The molecule has 0 atom stereocenters. The molecule has 6 nitrogen and oxygen atoms in total. The molecule has 1 saturated heterocycles. The number of piperidine rings is 1. The van der Waals surface area contributed by atoms with E-state index >= 15 is 0 Å². The average molecular weight is 390 g/mol. The van der Waals surface area contributed by atoms with Gasteiger partial charge in [-0.1, -0.05) is 24.3 Å². The molecule has 1 fully saturated rings. The third-order valence-corrected chi connectivity index (χ3v) is 5.94. The summed E-state index contributed by atoms with van der Waals surface area (Å²) in [4.78, 5) is 28.1. The monoisotopic (exact) mass is 390 g/mol. The summed E-state index contributed by atoms with van der Waals surface area (Å²) in [6, 6.07) is 15.6. The van der Waals surface area contributed by atoms with E-state index in [1.165, 1.54) is 11.3 Å². The van der Waals surface area contributed by atoms with Crippen molar-refractivity contribution in [3.05, 3.63) is 59.7 Å². The number of likely N-dealkylation sites (tertiary alicyclic amines) is 1. The van der Waals surface area contributed by atoms with Crippen LogP contribution in [-0.4, -0.2) is 45.0 Å². The quantitative estimate of drug-likeness (QED) is 0.530. The molecule has 1 aliphatic heterocycles. The van der Waals surface area contributed by atoms with Gasteiger partial charge < -0.3 is 9.64 Å². The van der Waals surface area contributed by atoms with E-state index in [9.17, 15) is 4.79 Å². The van der Waals surface area contributed by atoms with E-state index in [1.807, 2.05) is 53.4 Å². The summed E-state index contributed by atoms with van der Waals surface area (Å²) in [6.45, 7) is 1.31. The summed E-state index contributed by atoms with van der Waals surface area (Å²) in [5.41, 5.74) is 2.55. The van der Waals surface area contributed by atoms with Gasteiger partial charge in [0.25, 0.3) is 5.91 Å². The van der Waals surface area contributed by atoms with E-state index in [0.29, 0.717) is 24.0 Å². The van der Waals surface area contributed by atoms with E-state index < -0.39 is 0 Å². The number of carbonyl (C=O) groups excluding carboxylic acids is 1. The van der Waals surface area contributed by atoms with Crippen LogP contribution in [0.3, 0.4) is 0 Å². The molecule has 1 aliphatic rings. The second kappa shape index (κ2) is 7.16. The van der Waals surface area contributed by atoms with Crippen LogP contribution in [0, 0.1) is 0 Å². The van der Waals surface area contributed by atoms with E-state index in [4.69, 9.17) is 4.74 Å². The third kappa shape index (κ3) is 3.29. The standard InChI is InChI=1S/C21H18N4O2S/c26-21(20-24-17-7-3-4-8-18(17)28-20)25-11-9-14(10-12-25)27-19-13-22-15-5-1-2-6-16(15)23-19/h1-8,13-14H,9-12H2. The summed E-state index contributed by atoms with van der Waals surface area (Å²) < 4.78 is 7.06.